The van der Waals surface area contributed by atoms with E-state index in [-0.39, 0.29) is 30.8 Å². The summed E-state index contributed by atoms with van der Waals surface area (Å²) in [6.07, 6.45) is -1.65. The molecule has 1 N–H and O–H groups in total. The van der Waals surface area contributed by atoms with Gasteiger partial charge in [-0.15, -0.1) is 5.10 Å². The van der Waals surface area contributed by atoms with Gasteiger partial charge in [0.05, 0.1) is 6.54 Å². The molecule has 3 aromatic rings. The summed E-state index contributed by atoms with van der Waals surface area (Å²) in [6.45, 7) is -0.124. The second kappa shape index (κ2) is 7.30. The number of anilines is 1. The lowest BCUT2D eigenvalue weighted by atomic mass is 10.2. The molecule has 7 nitrogen and oxygen atoms in total. The fourth-order valence-electron chi connectivity index (χ4n) is 2.95. The van der Waals surface area contributed by atoms with Crippen molar-refractivity contribution in [2.24, 2.45) is 0 Å². The van der Waals surface area contributed by atoms with Crippen LogP contribution in [0, 0.1) is 5.82 Å². The third-order valence-corrected chi connectivity index (χ3v) is 4.41. The van der Waals surface area contributed by atoms with Crippen molar-refractivity contribution in [2.75, 3.05) is 5.32 Å². The quantitative estimate of drug-likeness (QED) is 0.636. The highest BCUT2D eigenvalue weighted by Crippen LogP contribution is 2.42. The number of aromatic nitrogens is 5. The van der Waals surface area contributed by atoms with Crippen molar-refractivity contribution in [3.63, 3.8) is 0 Å². The van der Waals surface area contributed by atoms with Gasteiger partial charge in [-0.3, -0.25) is 14.8 Å². The molecular formula is C18H16F4N6O. The van der Waals surface area contributed by atoms with Crippen LogP contribution in [0.5, 0.6) is 0 Å². The van der Waals surface area contributed by atoms with Gasteiger partial charge in [-0.1, -0.05) is 12.1 Å². The Morgan fingerprint density at radius 2 is 2.00 bits per heavy atom. The second-order valence-corrected chi connectivity index (χ2v) is 6.83. The minimum absolute atomic E-state index is 0.00239. The third kappa shape index (κ3) is 4.61. The van der Waals surface area contributed by atoms with E-state index in [0.29, 0.717) is 11.3 Å². The van der Waals surface area contributed by atoms with Crippen LogP contribution in [-0.2, 0) is 24.1 Å². The molecule has 2 aromatic heterocycles. The maximum Gasteiger partial charge on any atom is 0.435 e. The Hall–Kier alpha value is -3.24. The number of hydrogen-bond acceptors (Lipinski definition) is 4. The van der Waals surface area contributed by atoms with Crippen LogP contribution in [0.3, 0.4) is 0 Å². The van der Waals surface area contributed by atoms with Crippen molar-refractivity contribution in [1.82, 2.24) is 24.5 Å². The molecule has 1 aromatic carbocycles. The molecule has 0 bridgehead atoms. The average Bonchev–Trinajstić information content (AvgIpc) is 3.24. The highest BCUT2D eigenvalue weighted by Gasteiger charge is 2.38. The van der Waals surface area contributed by atoms with Gasteiger partial charge in [0.25, 0.3) is 0 Å². The number of carbonyl (C=O) groups excluding carboxylic acids is 1. The number of benzene rings is 1. The molecule has 0 unspecified atom stereocenters. The summed E-state index contributed by atoms with van der Waals surface area (Å²) in [5, 5.41) is 10.1. The number of nitrogens with one attached hydrogen (secondary N) is 1. The predicted molar refractivity (Wildman–Crippen MR) is 93.4 cm³/mol. The Kier molecular flexibility index (Phi) is 4.81. The molecule has 11 heteroatoms. The number of amides is 1. The SMILES string of the molecule is O=C(Cn1nc(C(F)(F)F)cc1C1CC1)Nc1ncn(Cc2cccc(F)c2)n1. The van der Waals surface area contributed by atoms with E-state index < -0.39 is 17.8 Å². The zero-order valence-electron chi connectivity index (χ0n) is 15.0. The molecular weight excluding hydrogens is 392 g/mol. The second-order valence-electron chi connectivity index (χ2n) is 6.83. The van der Waals surface area contributed by atoms with Gasteiger partial charge in [-0.05, 0) is 36.6 Å². The van der Waals surface area contributed by atoms with E-state index in [1.807, 2.05) is 0 Å². The maximum atomic E-state index is 13.2. The number of nitrogens with zero attached hydrogens (tertiary/aromatic N) is 5. The molecule has 0 aliphatic heterocycles. The van der Waals surface area contributed by atoms with E-state index in [4.69, 9.17) is 0 Å². The maximum absolute atomic E-state index is 13.2. The summed E-state index contributed by atoms with van der Waals surface area (Å²) in [7, 11) is 0. The van der Waals surface area contributed by atoms with Crippen molar-refractivity contribution in [1.29, 1.82) is 0 Å². The summed E-state index contributed by atoms with van der Waals surface area (Å²) in [4.78, 5) is 16.2. The molecule has 2 heterocycles. The molecule has 1 amide bonds. The normalized spacial score (nSPS) is 14.2. The van der Waals surface area contributed by atoms with Gasteiger partial charge in [-0.2, -0.15) is 18.3 Å². The molecule has 0 saturated heterocycles. The van der Waals surface area contributed by atoms with Gasteiger partial charge in [0.1, 0.15) is 18.7 Å². The molecule has 29 heavy (non-hydrogen) atoms. The monoisotopic (exact) mass is 408 g/mol. The molecule has 1 saturated carbocycles. The van der Waals surface area contributed by atoms with Crippen LogP contribution in [0.4, 0.5) is 23.5 Å². The van der Waals surface area contributed by atoms with Gasteiger partial charge >= 0.3 is 6.18 Å². The van der Waals surface area contributed by atoms with Gasteiger partial charge in [0.2, 0.25) is 11.9 Å². The fourth-order valence-corrected chi connectivity index (χ4v) is 2.95. The van der Waals surface area contributed by atoms with E-state index in [9.17, 15) is 22.4 Å². The molecule has 1 aliphatic carbocycles. The Bertz CT molecular complexity index is 1040. The van der Waals surface area contributed by atoms with Gasteiger partial charge in [0.15, 0.2) is 5.69 Å². The first-order chi connectivity index (χ1) is 13.8. The summed E-state index contributed by atoms with van der Waals surface area (Å²) < 4.78 is 54.5. The van der Waals surface area contributed by atoms with Crippen LogP contribution < -0.4 is 5.32 Å². The van der Waals surface area contributed by atoms with Crippen molar-refractivity contribution >= 4 is 11.9 Å². The molecule has 4 rings (SSSR count). The van der Waals surface area contributed by atoms with Crippen LogP contribution in [0.25, 0.3) is 0 Å². The van der Waals surface area contributed by atoms with Gasteiger partial charge in [0, 0.05) is 11.6 Å². The lowest BCUT2D eigenvalue weighted by Gasteiger charge is -2.06. The summed E-state index contributed by atoms with van der Waals surface area (Å²) in [5.74, 6) is -0.968. The van der Waals surface area contributed by atoms with Gasteiger partial charge < -0.3 is 0 Å². The number of hydrogen-bond donors (Lipinski definition) is 1. The van der Waals surface area contributed by atoms with Crippen molar-refractivity contribution in [2.45, 2.75) is 38.0 Å². The number of rotatable bonds is 6. The zero-order valence-corrected chi connectivity index (χ0v) is 15.0. The van der Waals surface area contributed by atoms with Crippen LogP contribution in [0.15, 0.2) is 36.7 Å². The first kappa shape index (κ1) is 19.1. The van der Waals surface area contributed by atoms with Crippen LogP contribution >= 0.6 is 0 Å². The molecule has 1 aliphatic rings. The van der Waals surface area contributed by atoms with Crippen molar-refractivity contribution in [3.05, 3.63) is 59.4 Å². The Balaban J connectivity index is 1.42. The standard InChI is InChI=1S/C18H16F4N6O/c19-13-3-1-2-11(6-13)8-27-10-23-17(26-27)24-16(29)9-28-14(12-4-5-12)7-15(25-28)18(20,21)22/h1-3,6-7,10,12H,4-5,8-9H2,(H,24,26,29). The Morgan fingerprint density at radius 3 is 2.69 bits per heavy atom. The lowest BCUT2D eigenvalue weighted by Crippen LogP contribution is -2.22. The minimum Gasteiger partial charge on any atom is -0.292 e. The van der Waals surface area contributed by atoms with Crippen molar-refractivity contribution in [3.8, 4) is 0 Å². The average molecular weight is 408 g/mol. The lowest BCUT2D eigenvalue weighted by molar-refractivity contribution is -0.141. The number of halogens is 4. The first-order valence-electron chi connectivity index (χ1n) is 8.86. The van der Waals surface area contributed by atoms with E-state index in [1.54, 1.807) is 12.1 Å². The summed E-state index contributed by atoms with van der Waals surface area (Å²) in [5.41, 5.74) is 0.0554. The Morgan fingerprint density at radius 1 is 1.21 bits per heavy atom. The molecule has 0 atom stereocenters. The minimum atomic E-state index is -4.57. The number of carbonyl (C=O) groups is 1. The van der Waals surface area contributed by atoms with Gasteiger partial charge in [-0.25, -0.2) is 14.1 Å². The zero-order chi connectivity index (χ0) is 20.6. The molecule has 0 radical (unpaired) electrons. The smallest absolute Gasteiger partial charge is 0.292 e. The van der Waals surface area contributed by atoms with E-state index >= 15 is 0 Å². The summed E-state index contributed by atoms with van der Waals surface area (Å²) >= 11 is 0. The largest absolute Gasteiger partial charge is 0.435 e. The predicted octanol–water partition coefficient (Wildman–Crippen LogP) is 3.20. The fraction of sp³-hybridized carbons (Fsp3) is 0.333. The van der Waals surface area contributed by atoms with E-state index in [2.05, 4.69) is 20.5 Å². The molecule has 0 spiro atoms. The highest BCUT2D eigenvalue weighted by atomic mass is 19.4. The van der Waals surface area contributed by atoms with Crippen LogP contribution in [0.2, 0.25) is 0 Å². The van der Waals surface area contributed by atoms with Crippen LogP contribution in [-0.4, -0.2) is 30.5 Å². The first-order valence-corrected chi connectivity index (χ1v) is 8.86. The topological polar surface area (TPSA) is 77.6 Å². The Labute approximate surface area is 162 Å². The van der Waals surface area contributed by atoms with Crippen LogP contribution in [0.1, 0.15) is 35.7 Å². The van der Waals surface area contributed by atoms with E-state index in [1.165, 1.54) is 23.1 Å². The molecule has 152 valence electrons. The third-order valence-electron chi connectivity index (χ3n) is 4.41. The summed E-state index contributed by atoms with van der Waals surface area (Å²) in [6, 6.07) is 6.97. The highest BCUT2D eigenvalue weighted by molar-refractivity contribution is 5.88. The van der Waals surface area contributed by atoms with Crippen molar-refractivity contribution < 1.29 is 22.4 Å². The molecule has 1 fully saturated rings. The number of alkyl halides is 3. The van der Waals surface area contributed by atoms with E-state index in [0.717, 1.165) is 23.6 Å².